The summed E-state index contributed by atoms with van der Waals surface area (Å²) >= 11 is 5.64. The molecule has 0 aromatic carbocycles. The van der Waals surface area contributed by atoms with Gasteiger partial charge in [0.2, 0.25) is 0 Å². The molecule has 1 heterocycles. The maximum atomic E-state index is 5.64. The van der Waals surface area contributed by atoms with E-state index in [1.165, 1.54) is 6.42 Å². The van der Waals surface area contributed by atoms with Crippen LogP contribution in [-0.4, -0.2) is 31.8 Å². The van der Waals surface area contributed by atoms with Gasteiger partial charge in [0.25, 0.3) is 0 Å². The molecule has 0 radical (unpaired) electrons. The number of ether oxygens (including phenoxy) is 2. The molecule has 3 heteroatoms. The summed E-state index contributed by atoms with van der Waals surface area (Å²) in [6.07, 6.45) is 2.67. The summed E-state index contributed by atoms with van der Waals surface area (Å²) in [6, 6.07) is 0. The number of hydrogen-bond donors (Lipinski definition) is 0. The monoisotopic (exact) mass is 192 g/mol. The van der Waals surface area contributed by atoms with Crippen LogP contribution in [0.1, 0.15) is 19.8 Å². The van der Waals surface area contributed by atoms with E-state index in [2.05, 4.69) is 6.92 Å². The molecule has 0 N–H and O–H groups in total. The third-order valence-electron chi connectivity index (χ3n) is 1.99. The van der Waals surface area contributed by atoms with Crippen molar-refractivity contribution in [1.82, 2.24) is 0 Å². The molecule has 2 nitrogen and oxygen atoms in total. The lowest BCUT2D eigenvalue weighted by Gasteiger charge is -2.12. The minimum absolute atomic E-state index is 0.340. The van der Waals surface area contributed by atoms with Crippen molar-refractivity contribution in [2.75, 3.05) is 25.7 Å². The second-order valence-electron chi connectivity index (χ2n) is 3.43. The lowest BCUT2D eigenvalue weighted by molar-refractivity contribution is 0.00917. The van der Waals surface area contributed by atoms with Gasteiger partial charge in [0.05, 0.1) is 19.3 Å². The molecule has 72 valence electrons. The first-order valence-corrected chi connectivity index (χ1v) is 5.11. The van der Waals surface area contributed by atoms with Gasteiger partial charge in [0.15, 0.2) is 0 Å². The summed E-state index contributed by atoms with van der Waals surface area (Å²) in [6.45, 7) is 4.48. The van der Waals surface area contributed by atoms with Gasteiger partial charge in [-0.1, -0.05) is 6.92 Å². The standard InChI is InChI=1S/C9H17ClO2/c1-8(5-10)6-11-7-9-3-2-4-12-9/h8-9H,2-7H2,1H3. The first kappa shape index (κ1) is 10.3. The Balaban J connectivity index is 1.94. The zero-order chi connectivity index (χ0) is 8.81. The van der Waals surface area contributed by atoms with Crippen molar-refractivity contribution in [3.63, 3.8) is 0 Å². The lowest BCUT2D eigenvalue weighted by Crippen LogP contribution is -2.17. The van der Waals surface area contributed by atoms with E-state index in [1.54, 1.807) is 0 Å². The first-order valence-electron chi connectivity index (χ1n) is 4.58. The SMILES string of the molecule is CC(CCl)COCC1CCCO1. The van der Waals surface area contributed by atoms with E-state index in [9.17, 15) is 0 Å². The predicted molar refractivity (Wildman–Crippen MR) is 49.7 cm³/mol. The van der Waals surface area contributed by atoms with Crippen molar-refractivity contribution >= 4 is 11.6 Å². The summed E-state index contributed by atoms with van der Waals surface area (Å²) in [5.41, 5.74) is 0. The molecule has 0 aromatic rings. The van der Waals surface area contributed by atoms with Crippen LogP contribution in [0.3, 0.4) is 0 Å². The third-order valence-corrected chi connectivity index (χ3v) is 2.52. The molecule has 0 spiro atoms. The first-order chi connectivity index (χ1) is 5.83. The average molecular weight is 193 g/mol. The van der Waals surface area contributed by atoms with Crippen molar-refractivity contribution in [2.45, 2.75) is 25.9 Å². The number of alkyl halides is 1. The molecule has 1 aliphatic heterocycles. The predicted octanol–water partition coefficient (Wildman–Crippen LogP) is 2.06. The Labute approximate surface area is 79.2 Å². The third kappa shape index (κ3) is 3.74. The van der Waals surface area contributed by atoms with Gasteiger partial charge < -0.3 is 9.47 Å². The summed E-state index contributed by atoms with van der Waals surface area (Å²) in [4.78, 5) is 0. The highest BCUT2D eigenvalue weighted by atomic mass is 35.5. The molecule has 2 unspecified atom stereocenters. The zero-order valence-electron chi connectivity index (χ0n) is 7.59. The minimum atomic E-state index is 0.340. The van der Waals surface area contributed by atoms with Crippen molar-refractivity contribution in [3.05, 3.63) is 0 Å². The van der Waals surface area contributed by atoms with E-state index in [4.69, 9.17) is 21.1 Å². The molecule has 0 bridgehead atoms. The normalized spacial score (nSPS) is 26.0. The van der Waals surface area contributed by atoms with E-state index >= 15 is 0 Å². The molecule has 1 saturated heterocycles. The highest BCUT2D eigenvalue weighted by molar-refractivity contribution is 6.18. The molecule has 1 aliphatic rings. The van der Waals surface area contributed by atoms with Crippen molar-refractivity contribution in [2.24, 2.45) is 5.92 Å². The fraction of sp³-hybridized carbons (Fsp3) is 1.00. The Morgan fingerprint density at radius 3 is 3.08 bits per heavy atom. The summed E-state index contributed by atoms with van der Waals surface area (Å²) in [5.74, 6) is 1.12. The van der Waals surface area contributed by atoms with Crippen LogP contribution in [0.25, 0.3) is 0 Å². The molecule has 0 aromatic heterocycles. The molecular formula is C9H17ClO2. The highest BCUT2D eigenvalue weighted by Crippen LogP contribution is 2.12. The van der Waals surface area contributed by atoms with Crippen molar-refractivity contribution in [3.8, 4) is 0 Å². The van der Waals surface area contributed by atoms with Gasteiger partial charge in [0.1, 0.15) is 0 Å². The fourth-order valence-corrected chi connectivity index (χ4v) is 1.31. The van der Waals surface area contributed by atoms with Crippen LogP contribution in [0.15, 0.2) is 0 Å². The van der Waals surface area contributed by atoms with Gasteiger partial charge in [-0.25, -0.2) is 0 Å². The Morgan fingerprint density at radius 2 is 2.50 bits per heavy atom. The molecule has 0 aliphatic carbocycles. The molecule has 12 heavy (non-hydrogen) atoms. The molecular weight excluding hydrogens is 176 g/mol. The summed E-state index contributed by atoms with van der Waals surface area (Å²) in [5, 5.41) is 0. The van der Waals surface area contributed by atoms with E-state index in [0.29, 0.717) is 17.9 Å². The second kappa shape index (κ2) is 5.79. The smallest absolute Gasteiger partial charge is 0.0809 e. The minimum Gasteiger partial charge on any atom is -0.378 e. The van der Waals surface area contributed by atoms with Crippen LogP contribution in [0.4, 0.5) is 0 Å². The van der Waals surface area contributed by atoms with Gasteiger partial charge in [-0.3, -0.25) is 0 Å². The highest BCUT2D eigenvalue weighted by Gasteiger charge is 2.15. The van der Waals surface area contributed by atoms with E-state index < -0.39 is 0 Å². The van der Waals surface area contributed by atoms with E-state index in [0.717, 1.165) is 26.2 Å². The van der Waals surface area contributed by atoms with E-state index in [1.807, 2.05) is 0 Å². The lowest BCUT2D eigenvalue weighted by atomic mass is 10.2. The van der Waals surface area contributed by atoms with Crippen LogP contribution in [-0.2, 0) is 9.47 Å². The van der Waals surface area contributed by atoms with Crippen LogP contribution in [0.5, 0.6) is 0 Å². The van der Waals surface area contributed by atoms with Gasteiger partial charge in [0, 0.05) is 12.5 Å². The maximum Gasteiger partial charge on any atom is 0.0809 e. The largest absolute Gasteiger partial charge is 0.378 e. The van der Waals surface area contributed by atoms with Crippen LogP contribution >= 0.6 is 11.6 Å². The molecule has 0 saturated carbocycles. The molecule has 0 amide bonds. The maximum absolute atomic E-state index is 5.64. The number of rotatable bonds is 5. The van der Waals surface area contributed by atoms with Crippen molar-refractivity contribution in [1.29, 1.82) is 0 Å². The van der Waals surface area contributed by atoms with Gasteiger partial charge in [-0.2, -0.15) is 0 Å². The Morgan fingerprint density at radius 1 is 1.67 bits per heavy atom. The number of hydrogen-bond acceptors (Lipinski definition) is 2. The summed E-state index contributed by atoms with van der Waals surface area (Å²) in [7, 11) is 0. The molecule has 1 rings (SSSR count). The van der Waals surface area contributed by atoms with Crippen LogP contribution in [0, 0.1) is 5.92 Å². The van der Waals surface area contributed by atoms with Gasteiger partial charge in [-0.15, -0.1) is 11.6 Å². The topological polar surface area (TPSA) is 18.5 Å². The Hall–Kier alpha value is 0.210. The van der Waals surface area contributed by atoms with E-state index in [-0.39, 0.29) is 0 Å². The second-order valence-corrected chi connectivity index (χ2v) is 3.74. The quantitative estimate of drug-likeness (QED) is 0.621. The zero-order valence-corrected chi connectivity index (χ0v) is 8.35. The van der Waals surface area contributed by atoms with Gasteiger partial charge in [-0.05, 0) is 18.8 Å². The number of halogens is 1. The Bertz CT molecular complexity index is 113. The average Bonchev–Trinajstić information content (AvgIpc) is 2.57. The van der Waals surface area contributed by atoms with Crippen LogP contribution < -0.4 is 0 Å². The molecule has 1 fully saturated rings. The molecule has 2 atom stereocenters. The van der Waals surface area contributed by atoms with Crippen LogP contribution in [0.2, 0.25) is 0 Å². The Kier molecular flexibility index (Phi) is 4.96. The van der Waals surface area contributed by atoms with Crippen molar-refractivity contribution < 1.29 is 9.47 Å². The fourth-order valence-electron chi connectivity index (χ4n) is 1.22. The summed E-state index contributed by atoms with van der Waals surface area (Å²) < 4.78 is 10.9. The van der Waals surface area contributed by atoms with Gasteiger partial charge >= 0.3 is 0 Å².